The van der Waals surface area contributed by atoms with Crippen LogP contribution < -0.4 is 0 Å². The Hall–Kier alpha value is -0.260. The smallest absolute Gasteiger partial charge is 0.264 e. The first-order valence-corrected chi connectivity index (χ1v) is 10.1. The van der Waals surface area contributed by atoms with Crippen molar-refractivity contribution in [3.63, 3.8) is 0 Å². The Morgan fingerprint density at radius 3 is 2.05 bits per heavy atom. The van der Waals surface area contributed by atoms with Gasteiger partial charge in [-0.25, -0.2) is 8.37 Å². The highest BCUT2D eigenvalue weighted by Gasteiger charge is 2.23. The number of hydrogen-bond donors (Lipinski definition) is 2. The van der Waals surface area contributed by atoms with Gasteiger partial charge in [-0.3, -0.25) is 9.11 Å². The SMILES string of the molecule is CCCCCCC(C)C(CCCOS(=O)(=O)O)OS(=O)(=O)O. The number of hydrogen-bond acceptors (Lipinski definition) is 6. The Bertz CT molecular complexity index is 485. The Labute approximate surface area is 133 Å². The molecule has 0 saturated carbocycles. The second-order valence-electron chi connectivity index (χ2n) is 5.28. The molecular weight excluding hydrogens is 336 g/mol. The third-order valence-electron chi connectivity index (χ3n) is 3.26. The summed E-state index contributed by atoms with van der Waals surface area (Å²) in [7, 11) is -9.08. The molecule has 0 rings (SSSR count). The van der Waals surface area contributed by atoms with Crippen molar-refractivity contribution < 1.29 is 34.3 Å². The average molecular weight is 362 g/mol. The molecule has 0 fully saturated rings. The molecule has 2 unspecified atom stereocenters. The molecule has 0 radical (unpaired) electrons. The minimum atomic E-state index is -4.58. The van der Waals surface area contributed by atoms with Crippen LogP contribution in [0, 0.1) is 5.92 Å². The second kappa shape index (κ2) is 10.5. The van der Waals surface area contributed by atoms with Crippen LogP contribution >= 0.6 is 0 Å². The van der Waals surface area contributed by atoms with Gasteiger partial charge in [0.1, 0.15) is 0 Å². The van der Waals surface area contributed by atoms with Crippen molar-refractivity contribution in [3.05, 3.63) is 0 Å². The van der Waals surface area contributed by atoms with Gasteiger partial charge in [0, 0.05) is 0 Å². The van der Waals surface area contributed by atoms with Gasteiger partial charge >= 0.3 is 20.8 Å². The zero-order valence-electron chi connectivity index (χ0n) is 13.0. The van der Waals surface area contributed by atoms with E-state index in [1.807, 2.05) is 6.92 Å². The summed E-state index contributed by atoms with van der Waals surface area (Å²) in [6, 6.07) is 0. The van der Waals surface area contributed by atoms with Crippen LogP contribution in [0.5, 0.6) is 0 Å². The second-order valence-corrected chi connectivity index (χ2v) is 7.42. The monoisotopic (exact) mass is 362 g/mol. The maximum absolute atomic E-state index is 10.9. The first kappa shape index (κ1) is 21.7. The van der Waals surface area contributed by atoms with Gasteiger partial charge < -0.3 is 0 Å². The molecule has 2 N–H and O–H groups in total. The summed E-state index contributed by atoms with van der Waals surface area (Å²) in [4.78, 5) is 0. The van der Waals surface area contributed by atoms with E-state index in [1.54, 1.807) is 0 Å². The van der Waals surface area contributed by atoms with Crippen LogP contribution in [0.15, 0.2) is 0 Å². The molecule has 0 bridgehead atoms. The van der Waals surface area contributed by atoms with Crippen molar-refractivity contribution in [3.8, 4) is 0 Å². The highest BCUT2D eigenvalue weighted by molar-refractivity contribution is 7.81. The lowest BCUT2D eigenvalue weighted by molar-refractivity contribution is 0.108. The molecule has 8 nitrogen and oxygen atoms in total. The normalized spacial score (nSPS) is 15.6. The Kier molecular flexibility index (Phi) is 10.4. The first-order chi connectivity index (χ1) is 10.0. The lowest BCUT2D eigenvalue weighted by Gasteiger charge is -2.22. The van der Waals surface area contributed by atoms with Crippen LogP contribution in [-0.4, -0.2) is 38.7 Å². The minimum absolute atomic E-state index is 0.121. The quantitative estimate of drug-likeness (QED) is 0.377. The van der Waals surface area contributed by atoms with E-state index in [-0.39, 0.29) is 25.4 Å². The zero-order valence-corrected chi connectivity index (χ0v) is 14.6. The fourth-order valence-electron chi connectivity index (χ4n) is 2.11. The van der Waals surface area contributed by atoms with Gasteiger partial charge in [-0.05, 0) is 25.2 Å². The van der Waals surface area contributed by atoms with Crippen LogP contribution in [0.4, 0.5) is 0 Å². The molecule has 0 aromatic rings. The standard InChI is InChI=1S/C12H26O8S2/c1-3-4-5-6-8-11(2)12(20-22(16,17)18)9-7-10-19-21(13,14)15/h11-12H,3-10H2,1-2H3,(H,13,14,15)(H,16,17,18). The van der Waals surface area contributed by atoms with Crippen molar-refractivity contribution in [1.29, 1.82) is 0 Å². The fourth-order valence-corrected chi connectivity index (χ4v) is 3.04. The van der Waals surface area contributed by atoms with Gasteiger partial charge in [0.15, 0.2) is 0 Å². The van der Waals surface area contributed by atoms with E-state index in [0.717, 1.165) is 32.1 Å². The van der Waals surface area contributed by atoms with Crippen LogP contribution in [0.3, 0.4) is 0 Å². The van der Waals surface area contributed by atoms with Crippen molar-refractivity contribution >= 4 is 20.8 Å². The minimum Gasteiger partial charge on any atom is -0.264 e. The highest BCUT2D eigenvalue weighted by atomic mass is 32.3. The zero-order chi connectivity index (χ0) is 17.2. The third-order valence-corrected chi connectivity index (χ3v) is 4.21. The van der Waals surface area contributed by atoms with Gasteiger partial charge in [-0.1, -0.05) is 39.5 Å². The number of rotatable bonds is 13. The summed E-state index contributed by atoms with van der Waals surface area (Å²) in [6.07, 6.45) is 4.46. The molecule has 0 spiro atoms. The van der Waals surface area contributed by atoms with E-state index >= 15 is 0 Å². The molecule has 134 valence electrons. The molecule has 2 atom stereocenters. The van der Waals surface area contributed by atoms with E-state index in [4.69, 9.17) is 9.11 Å². The van der Waals surface area contributed by atoms with Gasteiger partial charge in [0.25, 0.3) is 0 Å². The molecule has 10 heteroatoms. The van der Waals surface area contributed by atoms with Crippen LogP contribution in [-0.2, 0) is 29.2 Å². The molecule has 0 saturated heterocycles. The summed E-state index contributed by atoms with van der Waals surface area (Å²) < 4.78 is 68.6. The summed E-state index contributed by atoms with van der Waals surface area (Å²) in [5, 5.41) is 0. The molecule has 0 amide bonds. The van der Waals surface area contributed by atoms with Gasteiger partial charge in [-0.15, -0.1) is 0 Å². The third kappa shape index (κ3) is 13.4. The molecule has 0 aliphatic rings. The van der Waals surface area contributed by atoms with Crippen LogP contribution in [0.1, 0.15) is 58.8 Å². The fraction of sp³-hybridized carbons (Fsp3) is 1.00. The molecule has 0 aliphatic heterocycles. The Morgan fingerprint density at radius 2 is 1.55 bits per heavy atom. The Morgan fingerprint density at radius 1 is 0.909 bits per heavy atom. The van der Waals surface area contributed by atoms with E-state index in [0.29, 0.717) is 0 Å². The van der Waals surface area contributed by atoms with E-state index in [1.165, 1.54) is 0 Å². The van der Waals surface area contributed by atoms with E-state index < -0.39 is 26.9 Å². The lowest BCUT2D eigenvalue weighted by Crippen LogP contribution is -2.26. The predicted molar refractivity (Wildman–Crippen MR) is 81.1 cm³/mol. The van der Waals surface area contributed by atoms with Crippen LogP contribution in [0.25, 0.3) is 0 Å². The van der Waals surface area contributed by atoms with Crippen molar-refractivity contribution in [1.82, 2.24) is 0 Å². The van der Waals surface area contributed by atoms with Gasteiger partial charge in [0.05, 0.1) is 12.7 Å². The van der Waals surface area contributed by atoms with Gasteiger partial charge in [0.2, 0.25) is 0 Å². The summed E-state index contributed by atoms with van der Waals surface area (Å²) in [6.45, 7) is 3.61. The molecule has 0 aliphatic carbocycles. The van der Waals surface area contributed by atoms with E-state index in [9.17, 15) is 16.8 Å². The Balaban J connectivity index is 4.36. The van der Waals surface area contributed by atoms with Crippen LogP contribution in [0.2, 0.25) is 0 Å². The van der Waals surface area contributed by atoms with Crippen molar-refractivity contribution in [2.24, 2.45) is 5.92 Å². The maximum atomic E-state index is 10.9. The molecule has 0 aromatic carbocycles. The lowest BCUT2D eigenvalue weighted by atomic mass is 9.94. The predicted octanol–water partition coefficient (Wildman–Crippen LogP) is 2.38. The van der Waals surface area contributed by atoms with Gasteiger partial charge in [-0.2, -0.15) is 16.8 Å². The topological polar surface area (TPSA) is 127 Å². The molecule has 0 aromatic heterocycles. The first-order valence-electron chi connectivity index (χ1n) is 7.32. The molecule has 0 heterocycles. The summed E-state index contributed by atoms with van der Waals surface area (Å²) in [5.41, 5.74) is 0. The largest absolute Gasteiger partial charge is 0.397 e. The summed E-state index contributed by atoms with van der Waals surface area (Å²) >= 11 is 0. The highest BCUT2D eigenvalue weighted by Crippen LogP contribution is 2.21. The van der Waals surface area contributed by atoms with E-state index in [2.05, 4.69) is 15.3 Å². The number of unbranched alkanes of at least 4 members (excludes halogenated alkanes) is 3. The van der Waals surface area contributed by atoms with Crippen molar-refractivity contribution in [2.45, 2.75) is 64.9 Å². The molecule has 22 heavy (non-hydrogen) atoms. The average Bonchev–Trinajstić information content (AvgIpc) is 2.35. The molecular formula is C12H26O8S2. The summed E-state index contributed by atoms with van der Waals surface area (Å²) in [5.74, 6) is -0.121. The van der Waals surface area contributed by atoms with Crippen molar-refractivity contribution in [2.75, 3.05) is 6.61 Å². The maximum Gasteiger partial charge on any atom is 0.397 e.